The van der Waals surface area contributed by atoms with Gasteiger partial charge < -0.3 is 4.90 Å². The van der Waals surface area contributed by atoms with E-state index >= 15 is 0 Å². The second-order valence-electron chi connectivity index (χ2n) is 6.59. The number of nitrogens with two attached hydrogens (primary N) is 1. The number of hydrogen-bond acceptors (Lipinski definition) is 5. The molecule has 0 saturated carbocycles. The van der Waals surface area contributed by atoms with Gasteiger partial charge in [-0.1, -0.05) is 0 Å². The van der Waals surface area contributed by atoms with Crippen molar-refractivity contribution < 1.29 is 21.6 Å². The maximum atomic E-state index is 12.8. The number of hydrogen-bond donors (Lipinski definition) is 1. The van der Waals surface area contributed by atoms with Crippen LogP contribution < -0.4 is 5.14 Å². The molecule has 9 heteroatoms. The summed E-state index contributed by atoms with van der Waals surface area (Å²) in [5, 5.41) is 4.67. The minimum Gasteiger partial charge on any atom is -0.333 e. The average molecular weight is 372 g/mol. The first-order valence-electron chi connectivity index (χ1n) is 7.72. The summed E-state index contributed by atoms with van der Waals surface area (Å²) in [7, 11) is -6.90. The molecule has 2 aliphatic heterocycles. The van der Waals surface area contributed by atoms with E-state index < -0.39 is 19.9 Å². The van der Waals surface area contributed by atoms with Gasteiger partial charge in [-0.3, -0.25) is 4.79 Å². The molecule has 2 fully saturated rings. The van der Waals surface area contributed by atoms with E-state index in [-0.39, 0.29) is 28.1 Å². The first-order valence-corrected chi connectivity index (χ1v) is 11.2. The fraction of sp³-hybridized carbons (Fsp3) is 0.533. The molecule has 7 nitrogen and oxygen atoms in total. The third kappa shape index (κ3) is 3.20. The van der Waals surface area contributed by atoms with Crippen molar-refractivity contribution in [1.82, 2.24) is 4.90 Å². The molecule has 2 saturated heterocycles. The van der Waals surface area contributed by atoms with Crippen molar-refractivity contribution in [3.8, 4) is 0 Å². The molecule has 2 N–H and O–H groups in total. The van der Waals surface area contributed by atoms with Gasteiger partial charge in [-0.25, -0.2) is 22.0 Å². The Bertz CT molecular complexity index is 848. The molecule has 1 aromatic carbocycles. The second-order valence-corrected chi connectivity index (χ2v) is 10.5. The van der Waals surface area contributed by atoms with Gasteiger partial charge in [0.2, 0.25) is 10.0 Å². The summed E-state index contributed by atoms with van der Waals surface area (Å²) in [5.41, 5.74) is 0.386. The van der Waals surface area contributed by atoms with Crippen molar-refractivity contribution in [3.63, 3.8) is 0 Å². The quantitative estimate of drug-likeness (QED) is 0.830. The first kappa shape index (κ1) is 17.4. The number of rotatable bonds is 3. The van der Waals surface area contributed by atoms with E-state index in [2.05, 4.69) is 0 Å². The SMILES string of the molecule is CS(=O)(=O)C1CC2CCC(C1)N2C(=O)c1ccc(S(N)(=O)=O)cc1. The van der Waals surface area contributed by atoms with Crippen LogP contribution in [0.1, 0.15) is 36.0 Å². The number of amides is 1. The number of sulfonamides is 1. The fourth-order valence-corrected chi connectivity index (χ4v) is 5.40. The molecule has 2 atom stereocenters. The van der Waals surface area contributed by atoms with E-state index in [1.54, 1.807) is 4.90 Å². The number of nitrogens with zero attached hydrogens (tertiary/aromatic N) is 1. The summed E-state index contributed by atoms with van der Waals surface area (Å²) < 4.78 is 46.2. The molecule has 132 valence electrons. The number of benzene rings is 1. The van der Waals surface area contributed by atoms with Gasteiger partial charge in [0.1, 0.15) is 9.84 Å². The zero-order chi connectivity index (χ0) is 17.7. The molecule has 2 aliphatic rings. The zero-order valence-electron chi connectivity index (χ0n) is 13.3. The smallest absolute Gasteiger partial charge is 0.254 e. The Kier molecular flexibility index (Phi) is 4.21. The largest absolute Gasteiger partial charge is 0.333 e. The highest BCUT2D eigenvalue weighted by atomic mass is 32.2. The second kappa shape index (κ2) is 5.82. The van der Waals surface area contributed by atoms with Crippen molar-refractivity contribution in [2.24, 2.45) is 5.14 Å². The Morgan fingerprint density at radius 1 is 1.04 bits per heavy atom. The minimum atomic E-state index is -3.79. The Hall–Kier alpha value is -1.45. The summed E-state index contributed by atoms with van der Waals surface area (Å²) in [6.07, 6.45) is 3.79. The van der Waals surface area contributed by atoms with Gasteiger partial charge in [-0.15, -0.1) is 0 Å². The fourth-order valence-electron chi connectivity index (χ4n) is 3.74. The van der Waals surface area contributed by atoms with Gasteiger partial charge >= 0.3 is 0 Å². The number of fused-ring (bicyclic) bond motifs is 2. The van der Waals surface area contributed by atoms with Crippen LogP contribution in [-0.2, 0) is 19.9 Å². The van der Waals surface area contributed by atoms with Crippen LogP contribution in [-0.4, -0.2) is 51.2 Å². The molecule has 1 amide bonds. The van der Waals surface area contributed by atoms with Gasteiger partial charge in [-0.05, 0) is 49.9 Å². The molecular formula is C15H20N2O5S2. The molecule has 2 bridgehead atoms. The first-order chi connectivity index (χ1) is 11.1. The van der Waals surface area contributed by atoms with Gasteiger partial charge in [0.05, 0.1) is 10.1 Å². The third-order valence-corrected chi connectivity index (χ3v) is 7.48. The Morgan fingerprint density at radius 2 is 1.54 bits per heavy atom. The highest BCUT2D eigenvalue weighted by Gasteiger charge is 2.45. The molecule has 3 rings (SSSR count). The van der Waals surface area contributed by atoms with Crippen LogP contribution in [0.5, 0.6) is 0 Å². The van der Waals surface area contributed by atoms with Crippen LogP contribution in [0.3, 0.4) is 0 Å². The summed E-state index contributed by atoms with van der Waals surface area (Å²) in [5.74, 6) is -0.185. The van der Waals surface area contributed by atoms with E-state index in [1.165, 1.54) is 30.5 Å². The number of carbonyl (C=O) groups is 1. The normalized spacial score (nSPS) is 27.2. The molecular weight excluding hydrogens is 352 g/mol. The van der Waals surface area contributed by atoms with Crippen molar-refractivity contribution in [1.29, 1.82) is 0 Å². The third-order valence-electron chi connectivity index (χ3n) is 4.96. The lowest BCUT2D eigenvalue weighted by atomic mass is 10.0. The molecule has 0 aromatic heterocycles. The van der Waals surface area contributed by atoms with E-state index in [0.717, 1.165) is 12.8 Å². The van der Waals surface area contributed by atoms with Crippen molar-refractivity contribution >= 4 is 25.8 Å². The van der Waals surface area contributed by atoms with Gasteiger partial charge in [0.25, 0.3) is 5.91 Å². The van der Waals surface area contributed by atoms with Gasteiger partial charge in [-0.2, -0.15) is 0 Å². The monoisotopic (exact) mass is 372 g/mol. The van der Waals surface area contributed by atoms with Crippen molar-refractivity contribution in [2.45, 2.75) is 47.9 Å². The Labute approximate surface area is 141 Å². The maximum Gasteiger partial charge on any atom is 0.254 e. The molecule has 0 radical (unpaired) electrons. The number of sulfone groups is 1. The lowest BCUT2D eigenvalue weighted by Gasteiger charge is -2.38. The van der Waals surface area contributed by atoms with Crippen LogP contribution in [0.25, 0.3) is 0 Å². The molecule has 0 spiro atoms. The van der Waals surface area contributed by atoms with Gasteiger partial charge in [0.15, 0.2) is 0 Å². The molecule has 0 aliphatic carbocycles. The molecule has 2 unspecified atom stereocenters. The van der Waals surface area contributed by atoms with E-state index in [1.807, 2.05) is 0 Å². The van der Waals surface area contributed by atoms with Crippen LogP contribution in [0.4, 0.5) is 0 Å². The van der Waals surface area contributed by atoms with Crippen molar-refractivity contribution in [3.05, 3.63) is 29.8 Å². The van der Waals surface area contributed by atoms with Gasteiger partial charge in [0, 0.05) is 23.9 Å². The standard InChI is InChI=1S/C15H20N2O5S2/c1-23(19,20)14-8-11-4-5-12(9-14)17(11)15(18)10-2-6-13(7-3-10)24(16,21)22/h2-3,6-7,11-12,14H,4-5,8-9H2,1H3,(H2,16,21,22). The summed E-state index contributed by atoms with van der Waals surface area (Å²) in [6.45, 7) is 0. The molecule has 2 heterocycles. The summed E-state index contributed by atoms with van der Waals surface area (Å²) >= 11 is 0. The van der Waals surface area contributed by atoms with E-state index in [4.69, 9.17) is 5.14 Å². The van der Waals surface area contributed by atoms with Crippen LogP contribution in [0, 0.1) is 0 Å². The topological polar surface area (TPSA) is 115 Å². The van der Waals surface area contributed by atoms with E-state index in [0.29, 0.717) is 18.4 Å². The number of carbonyl (C=O) groups excluding carboxylic acids is 1. The Balaban J connectivity index is 1.82. The lowest BCUT2D eigenvalue weighted by Crippen LogP contribution is -2.49. The Morgan fingerprint density at radius 3 is 1.96 bits per heavy atom. The van der Waals surface area contributed by atoms with E-state index in [9.17, 15) is 21.6 Å². The number of piperidine rings is 1. The highest BCUT2D eigenvalue weighted by molar-refractivity contribution is 7.91. The predicted octanol–water partition coefficient (Wildman–Crippen LogP) is 0.514. The van der Waals surface area contributed by atoms with Crippen molar-refractivity contribution in [2.75, 3.05) is 6.26 Å². The number of primary sulfonamides is 1. The molecule has 1 aromatic rings. The highest BCUT2D eigenvalue weighted by Crippen LogP contribution is 2.39. The molecule has 24 heavy (non-hydrogen) atoms. The van der Waals surface area contributed by atoms with Crippen LogP contribution >= 0.6 is 0 Å². The van der Waals surface area contributed by atoms with Crippen LogP contribution in [0.2, 0.25) is 0 Å². The maximum absolute atomic E-state index is 12.8. The van der Waals surface area contributed by atoms with Crippen LogP contribution in [0.15, 0.2) is 29.2 Å². The zero-order valence-corrected chi connectivity index (χ0v) is 14.9. The summed E-state index contributed by atoms with van der Waals surface area (Å²) in [4.78, 5) is 14.5. The predicted molar refractivity (Wildman–Crippen MR) is 88.7 cm³/mol. The lowest BCUT2D eigenvalue weighted by molar-refractivity contribution is 0.0598. The summed E-state index contributed by atoms with van der Waals surface area (Å²) in [6, 6.07) is 5.37. The minimum absolute atomic E-state index is 0.0437. The average Bonchev–Trinajstić information content (AvgIpc) is 2.74.